The van der Waals surface area contributed by atoms with E-state index in [4.69, 9.17) is 9.72 Å². The molecule has 0 spiro atoms. The zero-order valence-corrected chi connectivity index (χ0v) is 18.4. The lowest BCUT2D eigenvalue weighted by Crippen LogP contribution is -2.22. The van der Waals surface area contributed by atoms with Crippen LogP contribution >= 0.6 is 0 Å². The molecule has 0 aliphatic carbocycles. The molecule has 0 aliphatic heterocycles. The summed E-state index contributed by atoms with van der Waals surface area (Å²) in [5.41, 5.74) is 2.43. The van der Waals surface area contributed by atoms with Crippen LogP contribution in [0.4, 0.5) is 0 Å². The lowest BCUT2D eigenvalue weighted by molar-refractivity contribution is 0.305. The van der Waals surface area contributed by atoms with Crippen molar-refractivity contribution in [2.45, 2.75) is 32.6 Å². The topological polar surface area (TPSA) is 44.1 Å². The zero-order chi connectivity index (χ0) is 22.2. The summed E-state index contributed by atoms with van der Waals surface area (Å²) in [6.07, 6.45) is 8.64. The Labute approximate surface area is 188 Å². The van der Waals surface area contributed by atoms with E-state index in [1.807, 2.05) is 91.0 Å². The Morgan fingerprint density at radius 3 is 2.38 bits per heavy atom. The van der Waals surface area contributed by atoms with Crippen molar-refractivity contribution in [3.63, 3.8) is 0 Å². The maximum Gasteiger partial charge on any atom is 0.266 e. The molecule has 0 saturated heterocycles. The van der Waals surface area contributed by atoms with E-state index >= 15 is 0 Å². The molecule has 0 N–H and O–H groups in total. The van der Waals surface area contributed by atoms with Gasteiger partial charge >= 0.3 is 0 Å². The van der Waals surface area contributed by atoms with E-state index in [2.05, 4.69) is 6.92 Å². The molecule has 162 valence electrons. The zero-order valence-electron chi connectivity index (χ0n) is 18.4. The molecule has 0 bridgehead atoms. The Morgan fingerprint density at radius 2 is 1.59 bits per heavy atom. The molecule has 0 atom stereocenters. The number of benzene rings is 3. The van der Waals surface area contributed by atoms with Crippen molar-refractivity contribution in [3.8, 4) is 11.4 Å². The van der Waals surface area contributed by atoms with E-state index in [9.17, 15) is 4.79 Å². The monoisotopic (exact) mass is 424 g/mol. The van der Waals surface area contributed by atoms with Gasteiger partial charge in [-0.25, -0.2) is 4.98 Å². The van der Waals surface area contributed by atoms with Crippen molar-refractivity contribution in [1.29, 1.82) is 0 Å². The molecule has 0 fully saturated rings. The van der Waals surface area contributed by atoms with Crippen LogP contribution in [0, 0.1) is 0 Å². The van der Waals surface area contributed by atoms with Crippen molar-refractivity contribution in [1.82, 2.24) is 9.55 Å². The molecular weight excluding hydrogens is 396 g/mol. The van der Waals surface area contributed by atoms with Crippen LogP contribution in [0.2, 0.25) is 0 Å². The Bertz CT molecular complexity index is 1240. The number of unbranched alkanes of at least 4 members (excludes halogenated alkanes) is 3. The molecule has 32 heavy (non-hydrogen) atoms. The minimum absolute atomic E-state index is 0.0757. The van der Waals surface area contributed by atoms with Gasteiger partial charge in [0.25, 0.3) is 5.56 Å². The Balaban J connectivity index is 1.59. The lowest BCUT2D eigenvalue weighted by Gasteiger charge is -2.11. The fraction of sp³-hybridized carbons (Fsp3) is 0.214. The first-order valence-corrected chi connectivity index (χ1v) is 11.2. The molecule has 0 aliphatic rings. The van der Waals surface area contributed by atoms with Gasteiger partial charge in [-0.05, 0) is 54.5 Å². The SMILES string of the molecule is CCCCCCOc1ccc(/C=C/c2nc3ccccc3c(=O)n2-c2ccccc2)cc1. The first kappa shape index (κ1) is 21.6. The van der Waals surface area contributed by atoms with Crippen LogP contribution < -0.4 is 10.3 Å². The van der Waals surface area contributed by atoms with Crippen molar-refractivity contribution in [3.05, 3.63) is 101 Å². The van der Waals surface area contributed by atoms with Gasteiger partial charge in [-0.2, -0.15) is 0 Å². The third kappa shape index (κ3) is 5.14. The largest absolute Gasteiger partial charge is 0.494 e. The first-order chi connectivity index (χ1) is 15.8. The summed E-state index contributed by atoms with van der Waals surface area (Å²) in [5, 5.41) is 0.606. The van der Waals surface area contributed by atoms with Gasteiger partial charge < -0.3 is 4.74 Å². The summed E-state index contributed by atoms with van der Waals surface area (Å²) in [6.45, 7) is 2.96. The molecule has 4 aromatic rings. The predicted molar refractivity (Wildman–Crippen MR) is 132 cm³/mol. The Hall–Kier alpha value is -3.66. The van der Waals surface area contributed by atoms with Crippen molar-refractivity contribution >= 4 is 23.1 Å². The van der Waals surface area contributed by atoms with Crippen LogP contribution in [0.1, 0.15) is 44.0 Å². The Morgan fingerprint density at radius 1 is 0.844 bits per heavy atom. The summed E-state index contributed by atoms with van der Waals surface area (Å²) >= 11 is 0. The van der Waals surface area contributed by atoms with Gasteiger partial charge in [0.15, 0.2) is 0 Å². The van der Waals surface area contributed by atoms with Gasteiger partial charge in [0.1, 0.15) is 11.6 Å². The van der Waals surface area contributed by atoms with Gasteiger partial charge in [-0.1, -0.05) is 74.7 Å². The molecule has 4 nitrogen and oxygen atoms in total. The van der Waals surface area contributed by atoms with Crippen LogP contribution in [-0.2, 0) is 0 Å². The smallest absolute Gasteiger partial charge is 0.266 e. The molecule has 0 saturated carbocycles. The number of nitrogens with zero attached hydrogens (tertiary/aromatic N) is 2. The summed E-state index contributed by atoms with van der Waals surface area (Å²) in [7, 11) is 0. The molecule has 0 unspecified atom stereocenters. The minimum Gasteiger partial charge on any atom is -0.494 e. The minimum atomic E-state index is -0.0757. The second-order valence-corrected chi connectivity index (χ2v) is 7.77. The van der Waals surface area contributed by atoms with E-state index < -0.39 is 0 Å². The summed E-state index contributed by atoms with van der Waals surface area (Å²) in [4.78, 5) is 18.0. The fourth-order valence-corrected chi connectivity index (χ4v) is 3.65. The maximum atomic E-state index is 13.2. The van der Waals surface area contributed by atoms with E-state index in [0.717, 1.165) is 30.0 Å². The second kappa shape index (κ2) is 10.6. The third-order valence-corrected chi connectivity index (χ3v) is 5.39. The number of ether oxygens (including phenoxy) is 1. The molecule has 0 radical (unpaired) electrons. The van der Waals surface area contributed by atoms with Gasteiger partial charge in [-0.15, -0.1) is 0 Å². The number of aromatic nitrogens is 2. The van der Waals surface area contributed by atoms with E-state index in [1.54, 1.807) is 4.57 Å². The Kier molecular flexibility index (Phi) is 7.13. The van der Waals surface area contributed by atoms with Crippen molar-refractivity contribution in [2.75, 3.05) is 6.61 Å². The number of fused-ring (bicyclic) bond motifs is 1. The van der Waals surface area contributed by atoms with Crippen molar-refractivity contribution in [2.24, 2.45) is 0 Å². The highest BCUT2D eigenvalue weighted by atomic mass is 16.5. The molecule has 1 aromatic heterocycles. The van der Waals surface area contributed by atoms with E-state index in [1.165, 1.54) is 19.3 Å². The highest BCUT2D eigenvalue weighted by molar-refractivity contribution is 5.80. The fourth-order valence-electron chi connectivity index (χ4n) is 3.65. The summed E-state index contributed by atoms with van der Waals surface area (Å²) in [6, 6.07) is 25.1. The normalized spacial score (nSPS) is 11.3. The van der Waals surface area contributed by atoms with Crippen LogP contribution in [0.15, 0.2) is 83.7 Å². The molecule has 1 heterocycles. The van der Waals surface area contributed by atoms with Crippen LogP contribution in [0.5, 0.6) is 5.75 Å². The highest BCUT2D eigenvalue weighted by Gasteiger charge is 2.10. The number of rotatable bonds is 9. The quantitative estimate of drug-likeness (QED) is 0.288. The number of hydrogen-bond acceptors (Lipinski definition) is 3. The molecule has 0 amide bonds. The average molecular weight is 425 g/mol. The van der Waals surface area contributed by atoms with Gasteiger partial charge in [0, 0.05) is 0 Å². The van der Waals surface area contributed by atoms with Gasteiger partial charge in [0.2, 0.25) is 0 Å². The number of hydrogen-bond donors (Lipinski definition) is 0. The summed E-state index contributed by atoms with van der Waals surface area (Å²) in [5.74, 6) is 1.47. The predicted octanol–water partition coefficient (Wildman–Crippen LogP) is 6.52. The molecule has 4 rings (SSSR count). The summed E-state index contributed by atoms with van der Waals surface area (Å²) < 4.78 is 7.49. The average Bonchev–Trinajstić information content (AvgIpc) is 2.84. The molecule has 3 aromatic carbocycles. The van der Waals surface area contributed by atoms with E-state index in [0.29, 0.717) is 16.7 Å². The maximum absolute atomic E-state index is 13.2. The standard InChI is InChI=1S/C28H28N2O2/c1-2-3-4-10-21-32-24-18-15-22(16-19-24)17-20-27-29-26-14-9-8-13-25(26)28(31)30(27)23-11-6-5-7-12-23/h5-9,11-20H,2-4,10,21H2,1H3/b20-17+. The molecular formula is C28H28N2O2. The van der Waals surface area contributed by atoms with Crippen LogP contribution in [-0.4, -0.2) is 16.2 Å². The third-order valence-electron chi connectivity index (χ3n) is 5.39. The molecule has 4 heteroatoms. The van der Waals surface area contributed by atoms with E-state index in [-0.39, 0.29) is 5.56 Å². The van der Waals surface area contributed by atoms with Gasteiger partial charge in [-0.3, -0.25) is 9.36 Å². The lowest BCUT2D eigenvalue weighted by atomic mass is 10.2. The van der Waals surface area contributed by atoms with Crippen molar-refractivity contribution < 1.29 is 4.74 Å². The van der Waals surface area contributed by atoms with Crippen LogP contribution in [0.25, 0.3) is 28.7 Å². The van der Waals surface area contributed by atoms with Gasteiger partial charge in [0.05, 0.1) is 23.2 Å². The highest BCUT2D eigenvalue weighted by Crippen LogP contribution is 2.17. The van der Waals surface area contributed by atoms with Crippen LogP contribution in [0.3, 0.4) is 0 Å². The second-order valence-electron chi connectivity index (χ2n) is 7.77. The first-order valence-electron chi connectivity index (χ1n) is 11.2. The number of para-hydroxylation sites is 2.